The maximum Gasteiger partial charge on any atom is 1.00 e. The Balaban J connectivity index is 0.000000314. The van der Waals surface area contributed by atoms with Crippen LogP contribution in [-0.2, 0) is 25.7 Å². The second-order valence-corrected chi connectivity index (χ2v) is 11.0. The summed E-state index contributed by atoms with van der Waals surface area (Å²) in [5.41, 5.74) is 0.400. The number of phenols is 1. The first kappa shape index (κ1) is 37.4. The Morgan fingerprint density at radius 3 is 1.57 bits per heavy atom. The molecule has 10 heteroatoms. The zero-order valence-electron chi connectivity index (χ0n) is 27.6. The molecule has 0 saturated carbocycles. The topological polar surface area (TPSA) is 33.4 Å². The number of fused-ring (bicyclic) bond motifs is 3. The minimum Gasteiger partial charge on any atom is -1.00 e. The van der Waals surface area contributed by atoms with E-state index in [1.807, 2.05) is 20.8 Å². The monoisotopic (exact) mass is 656 g/mol. The van der Waals surface area contributed by atoms with Crippen LogP contribution in [0.25, 0.3) is 33.1 Å². The third kappa shape index (κ3) is 7.26. The van der Waals surface area contributed by atoms with Crippen molar-refractivity contribution < 1.29 is 71.2 Å². The molecular weight excluding hydrogens is 620 g/mol. The van der Waals surface area contributed by atoms with E-state index in [4.69, 9.17) is 4.42 Å². The van der Waals surface area contributed by atoms with Crippen molar-refractivity contribution in [1.82, 2.24) is 0 Å². The van der Waals surface area contributed by atoms with Gasteiger partial charge < -0.3 is 11.0 Å². The summed E-state index contributed by atoms with van der Waals surface area (Å²) in [4.78, 5) is 0. The normalized spacial score (nSPS) is 11.1. The van der Waals surface area contributed by atoms with Gasteiger partial charge in [0.05, 0.1) is 0 Å². The van der Waals surface area contributed by atoms with E-state index in [9.17, 15) is 35.8 Å². The van der Waals surface area contributed by atoms with Crippen LogP contribution in [-0.4, -0.2) is 5.11 Å². The molecule has 1 heterocycles. The van der Waals surface area contributed by atoms with E-state index in [0.717, 1.165) is 12.5 Å². The van der Waals surface area contributed by atoms with E-state index in [-0.39, 0.29) is 65.3 Å². The SMILES string of the molecule is CCCc1cc2c(oc3c(F)c(CCC)ccc32)c(F)c1F.CCCc1ccc(-c2cc(CCC)c(F)c(F)c2F)c(O)c1F.[H-].[Na+]. The number of phenolic OH excluding ortho intramolecular Hbond substituents is 1. The fourth-order valence-corrected chi connectivity index (χ4v) is 5.48. The number of furan rings is 1. The Bertz CT molecular complexity index is 1860. The van der Waals surface area contributed by atoms with Crippen LogP contribution >= 0.6 is 0 Å². The molecule has 4 aromatic carbocycles. The van der Waals surface area contributed by atoms with Gasteiger partial charge in [-0.15, -0.1) is 0 Å². The molecule has 0 aliphatic carbocycles. The van der Waals surface area contributed by atoms with Crippen molar-refractivity contribution in [1.29, 1.82) is 0 Å². The molecule has 1 N–H and O–H groups in total. The molecule has 0 amide bonds. The predicted octanol–water partition coefficient (Wildman–Crippen LogP) is 8.55. The van der Waals surface area contributed by atoms with Crippen molar-refractivity contribution in [3.05, 3.63) is 99.4 Å². The van der Waals surface area contributed by atoms with Crippen LogP contribution in [0.4, 0.5) is 30.7 Å². The maximum atomic E-state index is 14.5. The molecule has 0 fully saturated rings. The van der Waals surface area contributed by atoms with Gasteiger partial charge in [0.1, 0.15) is 0 Å². The van der Waals surface area contributed by atoms with Gasteiger partial charge in [-0.1, -0.05) is 71.6 Å². The van der Waals surface area contributed by atoms with Crippen LogP contribution in [0.3, 0.4) is 0 Å². The second-order valence-electron chi connectivity index (χ2n) is 11.0. The zero-order chi connectivity index (χ0) is 33.0. The maximum absolute atomic E-state index is 14.5. The van der Waals surface area contributed by atoms with Crippen LogP contribution in [0.15, 0.2) is 40.8 Å². The minimum atomic E-state index is -1.61. The molecule has 5 aromatic rings. The van der Waals surface area contributed by atoms with Crippen LogP contribution < -0.4 is 29.6 Å². The average molecular weight is 657 g/mol. The first-order chi connectivity index (χ1) is 21.5. The zero-order valence-corrected chi connectivity index (χ0v) is 28.6. The molecule has 0 aliphatic rings. The number of benzene rings is 4. The Labute approximate surface area is 287 Å². The third-order valence-electron chi connectivity index (χ3n) is 7.69. The first-order valence-corrected chi connectivity index (χ1v) is 15.2. The Morgan fingerprint density at radius 2 is 0.978 bits per heavy atom. The molecule has 0 saturated heterocycles. The molecule has 0 radical (unpaired) electrons. The Morgan fingerprint density at radius 1 is 0.500 bits per heavy atom. The summed E-state index contributed by atoms with van der Waals surface area (Å²) in [7, 11) is 0. The minimum absolute atomic E-state index is 0. The van der Waals surface area contributed by atoms with Crippen molar-refractivity contribution >= 4 is 21.9 Å². The summed E-state index contributed by atoms with van der Waals surface area (Å²) in [5, 5.41) is 10.9. The summed E-state index contributed by atoms with van der Waals surface area (Å²) in [6.07, 6.45) is 4.36. The van der Waals surface area contributed by atoms with Crippen molar-refractivity contribution in [3.8, 4) is 16.9 Å². The van der Waals surface area contributed by atoms with Crippen LogP contribution in [0.1, 0.15) is 77.1 Å². The largest absolute Gasteiger partial charge is 1.00 e. The molecule has 0 bridgehead atoms. The van der Waals surface area contributed by atoms with Crippen LogP contribution in [0.2, 0.25) is 0 Å². The van der Waals surface area contributed by atoms with E-state index in [1.165, 1.54) is 12.1 Å². The van der Waals surface area contributed by atoms with Crippen molar-refractivity contribution in [2.75, 3.05) is 0 Å². The average Bonchev–Trinajstić information content (AvgIpc) is 3.40. The number of aromatic hydroxyl groups is 1. The summed E-state index contributed by atoms with van der Waals surface area (Å²) < 4.78 is 104. The van der Waals surface area contributed by atoms with Gasteiger partial charge in [-0.25, -0.2) is 26.3 Å². The molecule has 0 aliphatic heterocycles. The van der Waals surface area contributed by atoms with Crippen LogP contribution in [0.5, 0.6) is 5.75 Å². The van der Waals surface area contributed by atoms with Gasteiger partial charge in [0.2, 0.25) is 5.82 Å². The van der Waals surface area contributed by atoms with E-state index >= 15 is 0 Å². The number of hydrogen-bond acceptors (Lipinski definition) is 2. The van der Waals surface area contributed by atoms with Gasteiger partial charge in [-0.05, 0) is 66.1 Å². The predicted molar refractivity (Wildman–Crippen MR) is 164 cm³/mol. The van der Waals surface area contributed by atoms with E-state index in [2.05, 4.69) is 0 Å². The summed E-state index contributed by atoms with van der Waals surface area (Å²) in [6, 6.07) is 8.87. The van der Waals surface area contributed by atoms with Crippen molar-refractivity contribution in [3.63, 3.8) is 0 Å². The van der Waals surface area contributed by atoms with Gasteiger partial charge in [0.25, 0.3) is 0 Å². The number of hydrogen-bond donors (Lipinski definition) is 1. The quantitative estimate of drug-likeness (QED) is 0.0981. The van der Waals surface area contributed by atoms with Gasteiger partial charge in [0.15, 0.2) is 51.8 Å². The van der Waals surface area contributed by atoms with Gasteiger partial charge in [-0.3, -0.25) is 0 Å². The molecule has 0 atom stereocenters. The molecule has 46 heavy (non-hydrogen) atoms. The smallest absolute Gasteiger partial charge is 1.00 e. The molecule has 0 unspecified atom stereocenters. The first-order valence-electron chi connectivity index (χ1n) is 15.2. The van der Waals surface area contributed by atoms with E-state index in [1.54, 1.807) is 25.1 Å². The molecule has 0 spiro atoms. The van der Waals surface area contributed by atoms with Gasteiger partial charge >= 0.3 is 29.6 Å². The van der Waals surface area contributed by atoms with Crippen molar-refractivity contribution in [2.24, 2.45) is 0 Å². The van der Waals surface area contributed by atoms with Crippen molar-refractivity contribution in [2.45, 2.75) is 79.1 Å². The number of aryl methyl sites for hydroxylation is 4. The van der Waals surface area contributed by atoms with E-state index < -0.39 is 46.5 Å². The third-order valence-corrected chi connectivity index (χ3v) is 7.69. The fraction of sp³-hybridized carbons (Fsp3) is 0.333. The molecule has 5 rings (SSSR count). The summed E-state index contributed by atoms with van der Waals surface area (Å²) in [6.45, 7) is 7.48. The van der Waals surface area contributed by atoms with Crippen LogP contribution in [0, 0.1) is 40.7 Å². The molecular formula is C36H36F7NaO2. The molecule has 2 nitrogen and oxygen atoms in total. The summed E-state index contributed by atoms with van der Waals surface area (Å²) >= 11 is 0. The standard InChI is InChI=1S/C18H18F4O.C18H17F3O.Na.H/c1-3-5-10-7-8-12(18(23)15(10)20)13-9-11(6-4-2)14(19)17(22)16(13)21;1-3-5-10-7-8-12-13-9-11(6-4-2)14(19)16(21)18(13)22-17(12)15(10)20;;/h7-9,23H,3-6H2,1-2H3;7-9H,3-6H2,1-2H3;;/q;;+1;-1. The molecule has 1 aromatic heterocycles. The summed E-state index contributed by atoms with van der Waals surface area (Å²) in [5.74, 6) is -8.29. The molecule has 242 valence electrons. The Kier molecular flexibility index (Phi) is 13.2. The Hall–Kier alpha value is -3.01. The van der Waals surface area contributed by atoms with E-state index in [0.29, 0.717) is 66.0 Å². The second kappa shape index (κ2) is 16.2. The fourth-order valence-electron chi connectivity index (χ4n) is 5.48. The number of rotatable bonds is 9. The number of halogens is 7. The van der Waals surface area contributed by atoms with Gasteiger partial charge in [-0.2, -0.15) is 4.39 Å². The van der Waals surface area contributed by atoms with Gasteiger partial charge in [0, 0.05) is 21.9 Å².